The molecule has 124 valence electrons. The lowest BCUT2D eigenvalue weighted by molar-refractivity contribution is -0.125. The predicted molar refractivity (Wildman–Crippen MR) is 91.7 cm³/mol. The third-order valence-corrected chi connectivity index (χ3v) is 4.33. The van der Waals surface area contributed by atoms with Gasteiger partial charge in [-0.25, -0.2) is 4.79 Å². The quantitative estimate of drug-likeness (QED) is 0.878. The highest BCUT2D eigenvalue weighted by molar-refractivity contribution is 5.91. The van der Waals surface area contributed by atoms with Gasteiger partial charge >= 0.3 is 5.97 Å². The number of esters is 1. The summed E-state index contributed by atoms with van der Waals surface area (Å²) in [6, 6.07) is 15.3. The molecular weight excluding hydrogens is 302 g/mol. The average molecular weight is 323 g/mol. The highest BCUT2D eigenvalue weighted by Crippen LogP contribution is 2.29. The van der Waals surface area contributed by atoms with E-state index in [9.17, 15) is 9.59 Å². The van der Waals surface area contributed by atoms with Crippen LogP contribution in [0.25, 0.3) is 0 Å². The van der Waals surface area contributed by atoms with E-state index in [0.717, 1.165) is 24.8 Å². The zero-order valence-corrected chi connectivity index (χ0v) is 13.7. The molecule has 4 nitrogen and oxygen atoms in total. The maximum absolute atomic E-state index is 12.1. The lowest BCUT2D eigenvalue weighted by Gasteiger charge is -2.26. The molecule has 24 heavy (non-hydrogen) atoms. The molecular formula is C20H21NO3. The van der Waals surface area contributed by atoms with Crippen LogP contribution in [0, 0.1) is 6.92 Å². The zero-order valence-electron chi connectivity index (χ0n) is 13.7. The summed E-state index contributed by atoms with van der Waals surface area (Å²) >= 11 is 0. The molecule has 1 aliphatic rings. The average Bonchev–Trinajstić information content (AvgIpc) is 2.61. The zero-order chi connectivity index (χ0) is 16.9. The molecule has 0 unspecified atom stereocenters. The minimum absolute atomic E-state index is 0.000488. The molecule has 0 saturated carbocycles. The highest BCUT2D eigenvalue weighted by Gasteiger charge is 2.21. The normalized spacial score (nSPS) is 16.1. The van der Waals surface area contributed by atoms with E-state index in [1.54, 1.807) is 12.1 Å². The number of aryl methyl sites for hydroxylation is 2. The van der Waals surface area contributed by atoms with Gasteiger partial charge in [0.25, 0.3) is 5.91 Å². The van der Waals surface area contributed by atoms with Crippen LogP contribution in [0.15, 0.2) is 48.5 Å². The van der Waals surface area contributed by atoms with Crippen molar-refractivity contribution in [2.75, 3.05) is 6.61 Å². The van der Waals surface area contributed by atoms with E-state index >= 15 is 0 Å². The number of carbonyl (C=O) groups is 2. The molecule has 2 aromatic rings. The lowest BCUT2D eigenvalue weighted by Crippen LogP contribution is -2.34. The molecule has 0 aromatic heterocycles. The summed E-state index contributed by atoms with van der Waals surface area (Å²) in [4.78, 5) is 24.1. The van der Waals surface area contributed by atoms with Gasteiger partial charge in [0, 0.05) is 0 Å². The second-order valence-corrected chi connectivity index (χ2v) is 6.15. The van der Waals surface area contributed by atoms with Gasteiger partial charge in [-0.05, 0) is 49.4 Å². The van der Waals surface area contributed by atoms with Gasteiger partial charge in [-0.1, -0.05) is 42.0 Å². The predicted octanol–water partition coefficient (Wildman–Crippen LogP) is 3.35. The van der Waals surface area contributed by atoms with Gasteiger partial charge in [0.1, 0.15) is 0 Å². The number of rotatable bonds is 4. The summed E-state index contributed by atoms with van der Waals surface area (Å²) in [5.74, 6) is -0.744. The van der Waals surface area contributed by atoms with E-state index in [4.69, 9.17) is 4.74 Å². The third-order valence-electron chi connectivity index (χ3n) is 4.33. The maximum Gasteiger partial charge on any atom is 0.338 e. The largest absolute Gasteiger partial charge is 0.452 e. The molecule has 0 heterocycles. The van der Waals surface area contributed by atoms with Crippen LogP contribution in [-0.4, -0.2) is 18.5 Å². The Morgan fingerprint density at radius 2 is 1.88 bits per heavy atom. The van der Waals surface area contributed by atoms with Crippen LogP contribution < -0.4 is 5.32 Å². The molecule has 1 N–H and O–H groups in total. The van der Waals surface area contributed by atoms with Gasteiger partial charge in [-0.2, -0.15) is 0 Å². The van der Waals surface area contributed by atoms with Crippen LogP contribution in [0.2, 0.25) is 0 Å². The highest BCUT2D eigenvalue weighted by atomic mass is 16.5. The van der Waals surface area contributed by atoms with Crippen molar-refractivity contribution in [3.05, 3.63) is 70.8 Å². The number of carbonyl (C=O) groups excluding carboxylic acids is 2. The van der Waals surface area contributed by atoms with E-state index in [-0.39, 0.29) is 18.6 Å². The fraction of sp³-hybridized carbons (Fsp3) is 0.300. The van der Waals surface area contributed by atoms with Gasteiger partial charge < -0.3 is 10.1 Å². The summed E-state index contributed by atoms with van der Waals surface area (Å²) in [5, 5.41) is 2.97. The maximum atomic E-state index is 12.1. The third kappa shape index (κ3) is 3.82. The van der Waals surface area contributed by atoms with Crippen LogP contribution in [0.4, 0.5) is 0 Å². The fourth-order valence-corrected chi connectivity index (χ4v) is 3.04. The van der Waals surface area contributed by atoms with Crippen molar-refractivity contribution in [1.82, 2.24) is 5.32 Å². The standard InChI is InChI=1S/C20H21NO3/c1-14-9-11-16(12-10-14)20(23)24-13-19(22)21-18-8-4-6-15-5-2-3-7-17(15)18/h2-3,5,7,9-12,18H,4,6,8,13H2,1H3,(H,21,22)/t18-/m0/s1. The molecule has 1 aliphatic carbocycles. The fourth-order valence-electron chi connectivity index (χ4n) is 3.04. The number of hydrogen-bond acceptors (Lipinski definition) is 3. The van der Waals surface area contributed by atoms with Crippen LogP contribution in [0.3, 0.4) is 0 Å². The lowest BCUT2D eigenvalue weighted by atomic mass is 9.88. The first-order valence-corrected chi connectivity index (χ1v) is 8.24. The van der Waals surface area contributed by atoms with Gasteiger partial charge in [0.05, 0.1) is 11.6 Å². The Hall–Kier alpha value is -2.62. The van der Waals surface area contributed by atoms with Gasteiger partial charge in [-0.15, -0.1) is 0 Å². The SMILES string of the molecule is Cc1ccc(C(=O)OCC(=O)N[C@H]2CCCc3ccccc32)cc1. The van der Waals surface area contributed by atoms with Gasteiger partial charge in [0.15, 0.2) is 6.61 Å². The number of hydrogen-bond donors (Lipinski definition) is 1. The molecule has 4 heteroatoms. The van der Waals surface area contributed by atoms with E-state index in [1.807, 2.05) is 31.2 Å². The summed E-state index contributed by atoms with van der Waals surface area (Å²) in [6.07, 6.45) is 3.00. The molecule has 0 fully saturated rings. The number of ether oxygens (including phenoxy) is 1. The Morgan fingerprint density at radius 3 is 2.67 bits per heavy atom. The number of fused-ring (bicyclic) bond motifs is 1. The van der Waals surface area contributed by atoms with Crippen molar-refractivity contribution in [1.29, 1.82) is 0 Å². The molecule has 2 aromatic carbocycles. The molecule has 0 aliphatic heterocycles. The monoisotopic (exact) mass is 323 g/mol. The second kappa shape index (κ2) is 7.30. The molecule has 0 radical (unpaired) electrons. The minimum atomic E-state index is -0.478. The van der Waals surface area contributed by atoms with E-state index in [1.165, 1.54) is 11.1 Å². The summed E-state index contributed by atoms with van der Waals surface area (Å²) in [6.45, 7) is 1.69. The van der Waals surface area contributed by atoms with Crippen molar-refractivity contribution in [3.63, 3.8) is 0 Å². The van der Waals surface area contributed by atoms with Crippen molar-refractivity contribution in [2.45, 2.75) is 32.2 Å². The first-order chi connectivity index (χ1) is 11.6. The first kappa shape index (κ1) is 16.2. The molecule has 0 spiro atoms. The van der Waals surface area contributed by atoms with Crippen LogP contribution >= 0.6 is 0 Å². The number of benzene rings is 2. The van der Waals surface area contributed by atoms with Crippen molar-refractivity contribution >= 4 is 11.9 Å². The molecule has 1 atom stereocenters. The first-order valence-electron chi connectivity index (χ1n) is 8.24. The number of nitrogens with one attached hydrogen (secondary N) is 1. The van der Waals surface area contributed by atoms with Gasteiger partial charge in [-0.3, -0.25) is 4.79 Å². The molecule has 1 amide bonds. The Balaban J connectivity index is 1.55. The summed E-state index contributed by atoms with van der Waals surface area (Å²) in [5.41, 5.74) is 3.98. The second-order valence-electron chi connectivity index (χ2n) is 6.15. The Bertz CT molecular complexity index is 737. The van der Waals surface area contributed by atoms with Crippen molar-refractivity contribution in [3.8, 4) is 0 Å². The van der Waals surface area contributed by atoms with Crippen molar-refractivity contribution < 1.29 is 14.3 Å². The van der Waals surface area contributed by atoms with E-state index in [2.05, 4.69) is 17.4 Å². The van der Waals surface area contributed by atoms with Crippen LogP contribution in [-0.2, 0) is 16.0 Å². The van der Waals surface area contributed by atoms with Crippen LogP contribution in [0.1, 0.15) is 45.9 Å². The smallest absolute Gasteiger partial charge is 0.338 e. The molecule has 0 bridgehead atoms. The Labute approximate surface area is 141 Å². The topological polar surface area (TPSA) is 55.4 Å². The summed E-state index contributed by atoms with van der Waals surface area (Å²) in [7, 11) is 0. The van der Waals surface area contributed by atoms with Crippen molar-refractivity contribution in [2.24, 2.45) is 0 Å². The molecule has 3 rings (SSSR count). The van der Waals surface area contributed by atoms with E-state index < -0.39 is 5.97 Å². The summed E-state index contributed by atoms with van der Waals surface area (Å²) < 4.78 is 5.11. The Kier molecular flexibility index (Phi) is 4.94. The van der Waals surface area contributed by atoms with E-state index in [0.29, 0.717) is 5.56 Å². The molecule has 0 saturated heterocycles. The van der Waals surface area contributed by atoms with Gasteiger partial charge in [0.2, 0.25) is 0 Å². The minimum Gasteiger partial charge on any atom is -0.452 e. The Morgan fingerprint density at radius 1 is 1.12 bits per heavy atom. The van der Waals surface area contributed by atoms with Crippen LogP contribution in [0.5, 0.6) is 0 Å². The number of amides is 1.